The van der Waals surface area contributed by atoms with Gasteiger partial charge in [0.15, 0.2) is 0 Å². The number of carboxylic acids is 1. The van der Waals surface area contributed by atoms with E-state index in [2.05, 4.69) is 16.6 Å². The fourth-order valence-electron chi connectivity index (χ4n) is 1.28. The number of hydrogen-bond acceptors (Lipinski definition) is 5. The smallest absolute Gasteiger partial charge is 0.340 e. The molecule has 0 radical (unpaired) electrons. The van der Waals surface area contributed by atoms with Crippen LogP contribution in [0.3, 0.4) is 0 Å². The van der Waals surface area contributed by atoms with Gasteiger partial charge in [0.2, 0.25) is 0 Å². The van der Waals surface area contributed by atoms with Crippen LogP contribution in [0.15, 0.2) is 0 Å². The van der Waals surface area contributed by atoms with Crippen LogP contribution in [-0.4, -0.2) is 33.0 Å². The SMILES string of the molecule is CCSCC(C)Nc1snc(C)c1C(=O)O. The van der Waals surface area contributed by atoms with Crippen molar-refractivity contribution in [2.45, 2.75) is 26.8 Å². The van der Waals surface area contributed by atoms with E-state index in [4.69, 9.17) is 5.11 Å². The van der Waals surface area contributed by atoms with Crippen molar-refractivity contribution in [3.63, 3.8) is 0 Å². The van der Waals surface area contributed by atoms with E-state index < -0.39 is 5.97 Å². The molecule has 0 saturated carbocycles. The number of nitrogens with zero attached hydrogens (tertiary/aromatic N) is 1. The lowest BCUT2D eigenvalue weighted by Gasteiger charge is -2.13. The third-order valence-electron chi connectivity index (χ3n) is 2.03. The Kier molecular flexibility index (Phi) is 5.08. The van der Waals surface area contributed by atoms with Gasteiger partial charge >= 0.3 is 5.97 Å². The van der Waals surface area contributed by atoms with Crippen LogP contribution in [0.4, 0.5) is 5.00 Å². The van der Waals surface area contributed by atoms with Gasteiger partial charge in [-0.1, -0.05) is 6.92 Å². The number of rotatable bonds is 6. The second-order valence-electron chi connectivity index (χ2n) is 3.48. The summed E-state index contributed by atoms with van der Waals surface area (Å²) < 4.78 is 4.06. The highest BCUT2D eigenvalue weighted by Crippen LogP contribution is 2.25. The standard InChI is InChI=1S/C10H16N2O2S2/c1-4-15-5-6(2)11-9-8(10(13)14)7(3)12-16-9/h6,11H,4-5H2,1-3H3,(H,13,14). The lowest BCUT2D eigenvalue weighted by molar-refractivity contribution is 0.0697. The van der Waals surface area contributed by atoms with E-state index in [1.54, 1.807) is 6.92 Å². The topological polar surface area (TPSA) is 62.2 Å². The molecule has 0 bridgehead atoms. The molecule has 6 heteroatoms. The highest BCUT2D eigenvalue weighted by atomic mass is 32.2. The maximum atomic E-state index is 11.0. The fourth-order valence-corrected chi connectivity index (χ4v) is 2.85. The summed E-state index contributed by atoms with van der Waals surface area (Å²) in [5, 5.41) is 12.9. The number of thioether (sulfide) groups is 1. The van der Waals surface area contributed by atoms with Crippen molar-refractivity contribution in [3.05, 3.63) is 11.3 Å². The summed E-state index contributed by atoms with van der Waals surface area (Å²) in [4.78, 5) is 11.0. The molecule has 1 aromatic rings. The molecule has 4 nitrogen and oxygen atoms in total. The normalized spacial score (nSPS) is 12.4. The first-order valence-electron chi connectivity index (χ1n) is 5.10. The first-order chi connectivity index (χ1) is 7.56. The van der Waals surface area contributed by atoms with E-state index in [9.17, 15) is 4.79 Å². The van der Waals surface area contributed by atoms with Crippen molar-refractivity contribution in [1.29, 1.82) is 0 Å². The Bertz CT molecular complexity index is 366. The molecule has 1 heterocycles. The second-order valence-corrected chi connectivity index (χ2v) is 5.57. The van der Waals surface area contributed by atoms with Gasteiger partial charge in [0.05, 0.1) is 5.69 Å². The molecule has 0 aliphatic heterocycles. The predicted octanol–water partition coefficient (Wildman–Crippen LogP) is 2.70. The van der Waals surface area contributed by atoms with Crippen LogP contribution in [0.2, 0.25) is 0 Å². The highest BCUT2D eigenvalue weighted by molar-refractivity contribution is 7.99. The van der Waals surface area contributed by atoms with Gasteiger partial charge in [-0.2, -0.15) is 16.1 Å². The van der Waals surface area contributed by atoms with E-state index in [0.717, 1.165) is 11.5 Å². The van der Waals surface area contributed by atoms with Crippen molar-refractivity contribution in [3.8, 4) is 0 Å². The minimum absolute atomic E-state index is 0.253. The van der Waals surface area contributed by atoms with Gasteiger partial charge < -0.3 is 10.4 Å². The summed E-state index contributed by atoms with van der Waals surface area (Å²) in [6, 6.07) is 0.253. The van der Waals surface area contributed by atoms with Gasteiger partial charge in [0, 0.05) is 11.8 Å². The fraction of sp³-hybridized carbons (Fsp3) is 0.600. The summed E-state index contributed by atoms with van der Waals surface area (Å²) in [5.74, 6) is 1.12. The number of anilines is 1. The third kappa shape index (κ3) is 3.38. The molecule has 1 aromatic heterocycles. The largest absolute Gasteiger partial charge is 0.478 e. The number of carbonyl (C=O) groups is 1. The molecule has 0 spiro atoms. The minimum atomic E-state index is -0.913. The molecule has 0 saturated heterocycles. The molecule has 1 atom stereocenters. The van der Waals surface area contributed by atoms with E-state index in [1.165, 1.54) is 11.5 Å². The van der Waals surface area contributed by atoms with Gasteiger partial charge in [-0.3, -0.25) is 0 Å². The maximum Gasteiger partial charge on any atom is 0.340 e. The molecule has 0 aromatic carbocycles. The summed E-state index contributed by atoms with van der Waals surface area (Å²) in [6.07, 6.45) is 0. The molecule has 16 heavy (non-hydrogen) atoms. The zero-order valence-electron chi connectivity index (χ0n) is 9.61. The van der Waals surface area contributed by atoms with Gasteiger partial charge in [-0.05, 0) is 31.1 Å². The Hall–Kier alpha value is -0.750. The summed E-state index contributed by atoms with van der Waals surface area (Å²) >= 11 is 3.05. The van der Waals surface area contributed by atoms with Crippen LogP contribution < -0.4 is 5.32 Å². The zero-order chi connectivity index (χ0) is 12.1. The Morgan fingerprint density at radius 1 is 1.69 bits per heavy atom. The molecule has 1 unspecified atom stereocenters. The minimum Gasteiger partial charge on any atom is -0.478 e. The van der Waals surface area contributed by atoms with Crippen LogP contribution in [0.1, 0.15) is 29.9 Å². The Morgan fingerprint density at radius 3 is 2.94 bits per heavy atom. The molecule has 0 amide bonds. The Labute approximate surface area is 104 Å². The number of nitrogens with one attached hydrogen (secondary N) is 1. The number of aryl methyl sites for hydroxylation is 1. The van der Waals surface area contributed by atoms with E-state index in [1.807, 2.05) is 18.7 Å². The van der Waals surface area contributed by atoms with Crippen molar-refractivity contribution in [1.82, 2.24) is 4.37 Å². The molecular weight excluding hydrogens is 244 g/mol. The van der Waals surface area contributed by atoms with Crippen LogP contribution in [0.5, 0.6) is 0 Å². The summed E-state index contributed by atoms with van der Waals surface area (Å²) in [7, 11) is 0. The average Bonchev–Trinajstić information content (AvgIpc) is 2.56. The highest BCUT2D eigenvalue weighted by Gasteiger charge is 2.18. The van der Waals surface area contributed by atoms with Crippen molar-refractivity contribution in [2.24, 2.45) is 0 Å². The molecule has 0 aliphatic carbocycles. The van der Waals surface area contributed by atoms with Gasteiger partial charge in [-0.25, -0.2) is 4.79 Å². The predicted molar refractivity (Wildman–Crippen MR) is 69.9 cm³/mol. The second kappa shape index (κ2) is 6.10. The van der Waals surface area contributed by atoms with Crippen LogP contribution in [-0.2, 0) is 0 Å². The monoisotopic (exact) mass is 260 g/mol. The Balaban J connectivity index is 2.70. The van der Waals surface area contributed by atoms with E-state index >= 15 is 0 Å². The van der Waals surface area contributed by atoms with Gasteiger partial charge in [0.1, 0.15) is 10.6 Å². The molecular formula is C10H16N2O2S2. The van der Waals surface area contributed by atoms with E-state index in [0.29, 0.717) is 16.3 Å². The van der Waals surface area contributed by atoms with Gasteiger partial charge in [0.25, 0.3) is 0 Å². The quantitative estimate of drug-likeness (QED) is 0.823. The molecule has 90 valence electrons. The molecule has 1 rings (SSSR count). The lowest BCUT2D eigenvalue weighted by Crippen LogP contribution is -2.19. The number of aromatic carboxylic acids is 1. The first kappa shape index (κ1) is 13.3. The average molecular weight is 260 g/mol. The summed E-state index contributed by atoms with van der Waals surface area (Å²) in [5.41, 5.74) is 0.883. The van der Waals surface area contributed by atoms with E-state index in [-0.39, 0.29) is 6.04 Å². The Morgan fingerprint density at radius 2 is 2.38 bits per heavy atom. The number of hydrogen-bond donors (Lipinski definition) is 2. The van der Waals surface area contributed by atoms with Gasteiger partial charge in [-0.15, -0.1) is 0 Å². The van der Waals surface area contributed by atoms with Crippen molar-refractivity contribution in [2.75, 3.05) is 16.8 Å². The van der Waals surface area contributed by atoms with Crippen molar-refractivity contribution < 1.29 is 9.90 Å². The van der Waals surface area contributed by atoms with Crippen LogP contribution >= 0.6 is 23.3 Å². The number of carboxylic acid groups (broad SMARTS) is 1. The zero-order valence-corrected chi connectivity index (χ0v) is 11.2. The number of aromatic nitrogens is 1. The van der Waals surface area contributed by atoms with Crippen LogP contribution in [0.25, 0.3) is 0 Å². The van der Waals surface area contributed by atoms with Crippen LogP contribution in [0, 0.1) is 6.92 Å². The summed E-state index contributed by atoms with van der Waals surface area (Å²) in [6.45, 7) is 5.87. The lowest BCUT2D eigenvalue weighted by atomic mass is 10.2. The molecule has 0 aliphatic rings. The molecule has 2 N–H and O–H groups in total. The van der Waals surface area contributed by atoms with Crippen molar-refractivity contribution >= 4 is 34.3 Å². The maximum absolute atomic E-state index is 11.0. The molecule has 0 fully saturated rings. The first-order valence-corrected chi connectivity index (χ1v) is 7.02. The third-order valence-corrected chi connectivity index (χ3v) is 4.04.